The lowest BCUT2D eigenvalue weighted by Gasteiger charge is -2.55. The van der Waals surface area contributed by atoms with Crippen LogP contribution in [0.3, 0.4) is 0 Å². The first-order valence-corrected chi connectivity index (χ1v) is 11.9. The van der Waals surface area contributed by atoms with Crippen molar-refractivity contribution in [3.8, 4) is 0 Å². The topological polar surface area (TPSA) is 35.9 Å². The number of thioether (sulfide) groups is 1. The van der Waals surface area contributed by atoms with Gasteiger partial charge in [-0.1, -0.05) is 23.4 Å². The molecule has 30 heavy (non-hydrogen) atoms. The second-order valence-electron chi connectivity index (χ2n) is 9.42. The average molecular weight is 472 g/mol. The van der Waals surface area contributed by atoms with E-state index in [-0.39, 0.29) is 35.7 Å². The first-order valence-electron chi connectivity index (χ1n) is 10.5. The Bertz CT molecular complexity index is 845. The summed E-state index contributed by atoms with van der Waals surface area (Å²) in [5.41, 5.74) is 0.321. The van der Waals surface area contributed by atoms with Crippen molar-refractivity contribution in [2.45, 2.75) is 57.2 Å². The molecule has 164 valence electrons. The van der Waals surface area contributed by atoms with E-state index in [1.54, 1.807) is 11.8 Å². The summed E-state index contributed by atoms with van der Waals surface area (Å²) >= 11 is 7.78. The molecule has 0 aromatic heterocycles. The van der Waals surface area contributed by atoms with Crippen molar-refractivity contribution in [1.29, 1.82) is 0 Å². The SMILES string of the molecule is CC(=O)N(c1cc(Cl)ccc1F)C1CSC(=NC23CC4CC(CC(C4)C2)C3)N1C.Cl. The molecular formula is C22H28Cl2FN3OS. The van der Waals surface area contributed by atoms with Crippen LogP contribution in [0.1, 0.15) is 45.4 Å². The van der Waals surface area contributed by atoms with Gasteiger partial charge in [0.25, 0.3) is 0 Å². The molecule has 1 aromatic carbocycles. The van der Waals surface area contributed by atoms with Crippen molar-refractivity contribution in [3.63, 3.8) is 0 Å². The number of rotatable bonds is 3. The summed E-state index contributed by atoms with van der Waals surface area (Å²) in [6.07, 6.45) is 7.53. The largest absolute Gasteiger partial charge is 0.333 e. The Balaban J connectivity index is 0.00000218. The van der Waals surface area contributed by atoms with Gasteiger partial charge in [-0.3, -0.25) is 14.7 Å². The smallest absolute Gasteiger partial charge is 0.225 e. The van der Waals surface area contributed by atoms with Gasteiger partial charge in [-0.05, 0) is 74.5 Å². The number of carbonyl (C=O) groups is 1. The molecule has 1 amide bonds. The monoisotopic (exact) mass is 471 g/mol. The fourth-order valence-electron chi connectivity index (χ4n) is 6.46. The van der Waals surface area contributed by atoms with Crippen molar-refractivity contribution in [1.82, 2.24) is 4.90 Å². The first kappa shape index (κ1) is 22.2. The molecule has 4 bridgehead atoms. The van der Waals surface area contributed by atoms with E-state index in [0.29, 0.717) is 10.8 Å². The van der Waals surface area contributed by atoms with Gasteiger partial charge < -0.3 is 4.90 Å². The maximum absolute atomic E-state index is 14.5. The van der Waals surface area contributed by atoms with Crippen LogP contribution in [0.25, 0.3) is 0 Å². The number of aliphatic imine (C=N–C) groups is 1. The molecule has 0 radical (unpaired) electrons. The number of amides is 1. The minimum absolute atomic E-state index is 0. The van der Waals surface area contributed by atoms with E-state index < -0.39 is 5.82 Å². The number of nitrogens with zero attached hydrogens (tertiary/aromatic N) is 3. The Hall–Kier alpha value is -0.980. The van der Waals surface area contributed by atoms with Gasteiger partial charge in [-0.2, -0.15) is 0 Å². The van der Waals surface area contributed by atoms with Crippen molar-refractivity contribution < 1.29 is 9.18 Å². The zero-order valence-corrected chi connectivity index (χ0v) is 19.7. The molecule has 1 unspecified atom stereocenters. The molecule has 1 aliphatic heterocycles. The Labute approximate surface area is 193 Å². The molecule has 4 saturated carbocycles. The maximum atomic E-state index is 14.5. The summed E-state index contributed by atoms with van der Waals surface area (Å²) < 4.78 is 14.5. The predicted molar refractivity (Wildman–Crippen MR) is 124 cm³/mol. The fraction of sp³-hybridized carbons (Fsp3) is 0.636. The van der Waals surface area contributed by atoms with Gasteiger partial charge in [0.1, 0.15) is 12.0 Å². The third kappa shape index (κ3) is 3.84. The van der Waals surface area contributed by atoms with Gasteiger partial charge in [-0.25, -0.2) is 4.39 Å². The Morgan fingerprint density at radius 2 is 1.83 bits per heavy atom. The van der Waals surface area contributed by atoms with E-state index in [2.05, 4.69) is 4.90 Å². The van der Waals surface area contributed by atoms with Crippen molar-refractivity contribution in [2.75, 3.05) is 17.7 Å². The Morgan fingerprint density at radius 1 is 1.23 bits per heavy atom. The van der Waals surface area contributed by atoms with Gasteiger partial charge in [0.05, 0.1) is 11.2 Å². The van der Waals surface area contributed by atoms with Crippen molar-refractivity contribution >= 4 is 52.5 Å². The van der Waals surface area contributed by atoms with Crippen molar-refractivity contribution in [2.24, 2.45) is 22.7 Å². The van der Waals surface area contributed by atoms with E-state index in [9.17, 15) is 9.18 Å². The summed E-state index contributed by atoms with van der Waals surface area (Å²) in [7, 11) is 1.97. The lowest BCUT2D eigenvalue weighted by molar-refractivity contribution is -0.117. The molecular weight excluding hydrogens is 444 g/mol. The zero-order chi connectivity index (χ0) is 20.3. The number of hydrogen-bond acceptors (Lipinski definition) is 3. The van der Waals surface area contributed by atoms with E-state index in [1.165, 1.54) is 68.5 Å². The predicted octanol–water partition coefficient (Wildman–Crippen LogP) is 5.58. The summed E-state index contributed by atoms with van der Waals surface area (Å²) in [4.78, 5) is 21.4. The molecule has 4 aliphatic carbocycles. The maximum Gasteiger partial charge on any atom is 0.225 e. The van der Waals surface area contributed by atoms with Gasteiger partial charge >= 0.3 is 0 Å². The van der Waals surface area contributed by atoms with Crippen LogP contribution in [0.5, 0.6) is 0 Å². The van der Waals surface area contributed by atoms with E-state index in [0.717, 1.165) is 22.9 Å². The molecule has 8 heteroatoms. The zero-order valence-electron chi connectivity index (χ0n) is 17.3. The Morgan fingerprint density at radius 3 is 2.40 bits per heavy atom. The lowest BCUT2D eigenvalue weighted by Crippen LogP contribution is -2.51. The second-order valence-corrected chi connectivity index (χ2v) is 10.8. The number of benzene rings is 1. The number of hydrogen-bond donors (Lipinski definition) is 0. The normalized spacial score (nSPS) is 35.6. The molecule has 1 atom stereocenters. The van der Waals surface area contributed by atoms with Gasteiger partial charge in [0.2, 0.25) is 5.91 Å². The third-order valence-corrected chi connectivity index (χ3v) is 8.59. The first-order chi connectivity index (χ1) is 13.8. The summed E-state index contributed by atoms with van der Waals surface area (Å²) in [5.74, 6) is 2.56. The second kappa shape index (κ2) is 8.18. The van der Waals surface area contributed by atoms with Crippen LogP contribution in [0, 0.1) is 23.6 Å². The molecule has 1 heterocycles. The molecule has 4 nitrogen and oxygen atoms in total. The molecule has 0 spiro atoms. The molecule has 0 N–H and O–H groups in total. The van der Waals surface area contributed by atoms with Crippen LogP contribution >= 0.6 is 35.8 Å². The van der Waals surface area contributed by atoms with Gasteiger partial charge in [-0.15, -0.1) is 12.4 Å². The highest BCUT2D eigenvalue weighted by molar-refractivity contribution is 8.14. The van der Waals surface area contributed by atoms with Crippen LogP contribution < -0.4 is 4.90 Å². The molecule has 1 aromatic rings. The number of anilines is 1. The minimum atomic E-state index is -0.436. The average Bonchev–Trinajstić information content (AvgIpc) is 2.97. The summed E-state index contributed by atoms with van der Waals surface area (Å²) in [6, 6.07) is 4.36. The highest BCUT2D eigenvalue weighted by Gasteiger charge is 2.51. The lowest BCUT2D eigenvalue weighted by atomic mass is 9.53. The van der Waals surface area contributed by atoms with Crippen molar-refractivity contribution in [3.05, 3.63) is 29.0 Å². The van der Waals surface area contributed by atoms with E-state index in [4.69, 9.17) is 16.6 Å². The van der Waals surface area contributed by atoms with Crippen LogP contribution in [0.4, 0.5) is 10.1 Å². The number of amidine groups is 1. The van der Waals surface area contributed by atoms with E-state index in [1.807, 2.05) is 7.05 Å². The highest BCUT2D eigenvalue weighted by Crippen LogP contribution is 2.57. The molecule has 5 fully saturated rings. The summed E-state index contributed by atoms with van der Waals surface area (Å²) in [6.45, 7) is 1.48. The van der Waals surface area contributed by atoms with Crippen LogP contribution in [-0.4, -0.2) is 40.5 Å². The number of halogens is 3. The third-order valence-electron chi connectivity index (χ3n) is 7.25. The van der Waals surface area contributed by atoms with Crippen LogP contribution in [0.15, 0.2) is 23.2 Å². The Kier molecular flexibility index (Phi) is 6.06. The standard InChI is InChI=1S/C22H27ClFN3OS.ClH/c1-13(28)27(19-8-17(23)3-4-18(19)24)20-12-29-21(26(20)2)25-22-9-14-5-15(10-22)7-16(6-14)11-22;/h3-4,8,14-16,20H,5-7,9-12H2,1-2H3;1H. The van der Waals surface area contributed by atoms with Gasteiger partial charge in [0.15, 0.2) is 5.17 Å². The molecule has 6 rings (SSSR count). The molecule has 5 aliphatic rings. The number of carbonyl (C=O) groups excluding carboxylic acids is 1. The van der Waals surface area contributed by atoms with Crippen LogP contribution in [-0.2, 0) is 4.79 Å². The van der Waals surface area contributed by atoms with Gasteiger partial charge in [0, 0.05) is 24.7 Å². The van der Waals surface area contributed by atoms with E-state index >= 15 is 0 Å². The highest BCUT2D eigenvalue weighted by atomic mass is 35.5. The minimum Gasteiger partial charge on any atom is -0.333 e. The fourth-order valence-corrected chi connectivity index (χ4v) is 7.88. The van der Waals surface area contributed by atoms with Crippen LogP contribution in [0.2, 0.25) is 5.02 Å². The summed E-state index contributed by atoms with van der Waals surface area (Å²) in [5, 5.41) is 1.41. The molecule has 1 saturated heterocycles. The quantitative estimate of drug-likeness (QED) is 0.576.